The van der Waals surface area contributed by atoms with E-state index in [2.05, 4.69) is 9.88 Å². The minimum atomic E-state index is -0.418. The third-order valence-electron chi connectivity index (χ3n) is 5.52. The van der Waals surface area contributed by atoms with Crippen molar-refractivity contribution in [2.75, 3.05) is 36.5 Å². The number of thiazole rings is 1. The fourth-order valence-corrected chi connectivity index (χ4v) is 4.87. The number of methoxy groups -OCH3 is 1. The lowest BCUT2D eigenvalue weighted by Gasteiger charge is -2.38. The molecule has 1 aromatic heterocycles. The van der Waals surface area contributed by atoms with Gasteiger partial charge in [-0.15, -0.1) is 0 Å². The molecular formula is C22H21N3O4S. The van der Waals surface area contributed by atoms with Crippen LogP contribution in [0.15, 0.2) is 48.5 Å². The van der Waals surface area contributed by atoms with Crippen LogP contribution in [-0.4, -0.2) is 49.7 Å². The fraction of sp³-hybridized carbons (Fsp3) is 0.318. The van der Waals surface area contributed by atoms with Gasteiger partial charge in [0.05, 0.1) is 30.8 Å². The summed E-state index contributed by atoms with van der Waals surface area (Å²) in [5.41, 5.74) is 1.67. The van der Waals surface area contributed by atoms with Crippen molar-refractivity contribution < 1.29 is 19.1 Å². The summed E-state index contributed by atoms with van der Waals surface area (Å²) in [7, 11) is 1.64. The molecule has 154 valence electrons. The molecule has 3 heterocycles. The van der Waals surface area contributed by atoms with E-state index >= 15 is 0 Å². The molecule has 1 unspecified atom stereocenters. The largest absolute Gasteiger partial charge is 0.494 e. The Bertz CT molecular complexity index is 1090. The zero-order valence-corrected chi connectivity index (χ0v) is 17.3. The highest BCUT2D eigenvalue weighted by atomic mass is 32.1. The number of rotatable bonds is 5. The van der Waals surface area contributed by atoms with Crippen LogP contribution >= 0.6 is 11.3 Å². The summed E-state index contributed by atoms with van der Waals surface area (Å²) >= 11 is 1.60. The number of hydrogen-bond acceptors (Lipinski definition) is 7. The van der Waals surface area contributed by atoms with Crippen molar-refractivity contribution in [3.63, 3.8) is 0 Å². The molecule has 0 aliphatic carbocycles. The van der Waals surface area contributed by atoms with Crippen LogP contribution in [0.1, 0.15) is 6.42 Å². The molecule has 0 spiro atoms. The van der Waals surface area contributed by atoms with Crippen molar-refractivity contribution in [2.45, 2.75) is 12.5 Å². The van der Waals surface area contributed by atoms with Crippen molar-refractivity contribution in [2.24, 2.45) is 5.92 Å². The highest BCUT2D eigenvalue weighted by Gasteiger charge is 2.39. The van der Waals surface area contributed by atoms with Gasteiger partial charge < -0.3 is 19.3 Å². The van der Waals surface area contributed by atoms with Crippen LogP contribution in [0.25, 0.3) is 10.2 Å². The minimum absolute atomic E-state index is 0.0400. The van der Waals surface area contributed by atoms with Crippen molar-refractivity contribution in [1.29, 1.82) is 0 Å². The van der Waals surface area contributed by atoms with Gasteiger partial charge in [0.25, 0.3) is 0 Å². The maximum absolute atomic E-state index is 12.6. The van der Waals surface area contributed by atoms with E-state index in [1.165, 1.54) is 0 Å². The summed E-state index contributed by atoms with van der Waals surface area (Å²) in [6.07, 6.45) is 0.0224. The third-order valence-corrected chi connectivity index (χ3v) is 6.60. The van der Waals surface area contributed by atoms with E-state index in [0.717, 1.165) is 26.8 Å². The number of amides is 1. The number of esters is 1. The lowest BCUT2D eigenvalue weighted by atomic mass is 10.1. The Morgan fingerprint density at radius 1 is 1.10 bits per heavy atom. The molecule has 30 heavy (non-hydrogen) atoms. The van der Waals surface area contributed by atoms with E-state index in [4.69, 9.17) is 9.47 Å². The Labute approximate surface area is 177 Å². The summed E-state index contributed by atoms with van der Waals surface area (Å²) in [6.45, 7) is 1.59. The van der Waals surface area contributed by atoms with E-state index < -0.39 is 5.92 Å². The van der Waals surface area contributed by atoms with E-state index in [0.29, 0.717) is 19.6 Å². The quantitative estimate of drug-likeness (QED) is 0.588. The number of carbonyl (C=O) groups excluding carboxylic acids is 2. The van der Waals surface area contributed by atoms with E-state index in [1.54, 1.807) is 23.3 Å². The van der Waals surface area contributed by atoms with Gasteiger partial charge in [-0.3, -0.25) is 9.59 Å². The summed E-state index contributed by atoms with van der Waals surface area (Å²) in [5, 5.41) is 0.896. The molecule has 2 saturated heterocycles. The Balaban J connectivity index is 1.18. The molecule has 0 bridgehead atoms. The van der Waals surface area contributed by atoms with Crippen LogP contribution in [0.3, 0.4) is 0 Å². The number of aromatic nitrogens is 1. The SMILES string of the molecule is COc1cccc2sc(N3CC(OC(=O)C4CC(=O)N(c5ccccc5)C4)C3)nc12. The van der Waals surface area contributed by atoms with Crippen LogP contribution in [0.2, 0.25) is 0 Å². The van der Waals surface area contributed by atoms with Crippen molar-refractivity contribution in [3.8, 4) is 5.75 Å². The summed E-state index contributed by atoms with van der Waals surface area (Å²) in [6, 6.07) is 15.3. The van der Waals surface area contributed by atoms with Crippen LogP contribution in [0.4, 0.5) is 10.8 Å². The average Bonchev–Trinajstić information content (AvgIpc) is 3.34. The molecule has 0 radical (unpaired) electrons. The first kappa shape index (κ1) is 18.9. The molecule has 5 rings (SSSR count). The van der Waals surface area contributed by atoms with Crippen LogP contribution in [0.5, 0.6) is 5.75 Å². The maximum Gasteiger partial charge on any atom is 0.311 e. The third kappa shape index (κ3) is 3.37. The first-order valence-electron chi connectivity index (χ1n) is 9.87. The van der Waals surface area contributed by atoms with Gasteiger partial charge >= 0.3 is 5.97 Å². The standard InChI is InChI=1S/C22H21N3O4S/c1-28-17-8-5-9-18-20(17)23-22(30-18)24-12-16(13-24)29-21(27)14-10-19(26)25(11-14)15-6-3-2-4-7-15/h2-9,14,16H,10-13H2,1H3. The molecule has 2 aromatic carbocycles. The Hall–Kier alpha value is -3.13. The van der Waals surface area contributed by atoms with Gasteiger partial charge in [0.1, 0.15) is 17.4 Å². The van der Waals surface area contributed by atoms with Gasteiger partial charge in [0.15, 0.2) is 5.13 Å². The smallest absolute Gasteiger partial charge is 0.311 e. The molecule has 7 nitrogen and oxygen atoms in total. The molecule has 2 aliphatic rings. The number of nitrogens with zero attached hydrogens (tertiary/aromatic N) is 3. The van der Waals surface area contributed by atoms with Gasteiger partial charge in [-0.1, -0.05) is 35.6 Å². The number of benzene rings is 2. The molecule has 0 N–H and O–H groups in total. The van der Waals surface area contributed by atoms with Crippen LogP contribution < -0.4 is 14.5 Å². The predicted octanol–water partition coefficient (Wildman–Crippen LogP) is 3.09. The normalized spacial score (nSPS) is 19.2. The molecule has 1 amide bonds. The second-order valence-electron chi connectivity index (χ2n) is 7.51. The summed E-state index contributed by atoms with van der Waals surface area (Å²) < 4.78 is 12.1. The van der Waals surface area contributed by atoms with Gasteiger partial charge in [0, 0.05) is 18.7 Å². The second kappa shape index (κ2) is 7.60. The number of carbonyl (C=O) groups is 2. The zero-order valence-electron chi connectivity index (χ0n) is 16.5. The Morgan fingerprint density at radius 2 is 1.90 bits per heavy atom. The number of anilines is 2. The predicted molar refractivity (Wildman–Crippen MR) is 115 cm³/mol. The van der Waals surface area contributed by atoms with Crippen molar-refractivity contribution >= 4 is 44.2 Å². The summed E-state index contributed by atoms with van der Waals surface area (Å²) in [4.78, 5) is 33.3. The van der Waals surface area contributed by atoms with Crippen LogP contribution in [0, 0.1) is 5.92 Å². The maximum atomic E-state index is 12.6. The molecule has 2 aliphatic heterocycles. The summed E-state index contributed by atoms with van der Waals surface area (Å²) in [5.74, 6) is 0.00468. The molecule has 8 heteroatoms. The fourth-order valence-electron chi connectivity index (χ4n) is 3.86. The average molecular weight is 423 g/mol. The number of fused-ring (bicyclic) bond motifs is 1. The van der Waals surface area contributed by atoms with Gasteiger partial charge in [-0.2, -0.15) is 0 Å². The van der Waals surface area contributed by atoms with E-state index in [-0.39, 0.29) is 24.4 Å². The minimum Gasteiger partial charge on any atom is -0.494 e. The molecular weight excluding hydrogens is 402 g/mol. The number of para-hydroxylation sites is 2. The van der Waals surface area contributed by atoms with Crippen molar-refractivity contribution in [3.05, 3.63) is 48.5 Å². The van der Waals surface area contributed by atoms with Gasteiger partial charge in [-0.25, -0.2) is 4.98 Å². The number of hydrogen-bond donors (Lipinski definition) is 0. The Morgan fingerprint density at radius 3 is 2.67 bits per heavy atom. The second-order valence-corrected chi connectivity index (χ2v) is 8.52. The molecule has 1 atom stereocenters. The Kier molecular flexibility index (Phi) is 4.78. The molecule has 0 saturated carbocycles. The molecule has 2 fully saturated rings. The highest BCUT2D eigenvalue weighted by molar-refractivity contribution is 7.22. The van der Waals surface area contributed by atoms with E-state index in [1.807, 2.05) is 48.5 Å². The highest BCUT2D eigenvalue weighted by Crippen LogP contribution is 2.36. The monoisotopic (exact) mass is 423 g/mol. The van der Waals surface area contributed by atoms with Gasteiger partial charge in [-0.05, 0) is 24.3 Å². The lowest BCUT2D eigenvalue weighted by Crippen LogP contribution is -2.53. The topological polar surface area (TPSA) is 72.0 Å². The first-order valence-corrected chi connectivity index (χ1v) is 10.7. The zero-order chi connectivity index (χ0) is 20.7. The van der Waals surface area contributed by atoms with Crippen LogP contribution in [-0.2, 0) is 14.3 Å². The number of ether oxygens (including phenoxy) is 2. The van der Waals surface area contributed by atoms with E-state index in [9.17, 15) is 9.59 Å². The van der Waals surface area contributed by atoms with Crippen molar-refractivity contribution in [1.82, 2.24) is 4.98 Å². The lowest BCUT2D eigenvalue weighted by molar-refractivity contribution is -0.154. The van der Waals surface area contributed by atoms with Gasteiger partial charge in [0.2, 0.25) is 5.91 Å². The molecule has 3 aromatic rings. The first-order chi connectivity index (χ1) is 14.6.